The summed E-state index contributed by atoms with van der Waals surface area (Å²) in [5, 5.41) is 3.94. The fraction of sp³-hybridized carbons (Fsp3) is 0.250. The maximum atomic E-state index is 12.6. The highest BCUT2D eigenvalue weighted by Crippen LogP contribution is 2.34. The van der Waals surface area contributed by atoms with Gasteiger partial charge in [0, 0.05) is 0 Å². The quantitative estimate of drug-likeness (QED) is 0.864. The van der Waals surface area contributed by atoms with Crippen molar-refractivity contribution < 1.29 is 22.8 Å². The number of urea groups is 1. The first-order valence-corrected chi connectivity index (χ1v) is 6.91. The zero-order chi connectivity index (χ0) is 16.8. The summed E-state index contributed by atoms with van der Waals surface area (Å²) in [5.41, 5.74) is -1.05. The lowest BCUT2D eigenvalue weighted by Crippen LogP contribution is -2.42. The van der Waals surface area contributed by atoms with E-state index < -0.39 is 30.2 Å². The Hall–Kier alpha value is -2.57. The van der Waals surface area contributed by atoms with Gasteiger partial charge in [0.2, 0.25) is 0 Å². The largest absolute Gasteiger partial charge is 0.406 e. The Kier molecular flexibility index (Phi) is 3.31. The van der Waals surface area contributed by atoms with Crippen molar-refractivity contribution in [2.45, 2.75) is 18.6 Å². The molecule has 0 bridgehead atoms. The van der Waals surface area contributed by atoms with Crippen LogP contribution in [0.4, 0.5) is 18.0 Å². The second-order valence-corrected chi connectivity index (χ2v) is 5.59. The molecule has 0 aliphatic carbocycles. The first kappa shape index (κ1) is 15.3. The van der Waals surface area contributed by atoms with Crippen molar-refractivity contribution in [3.8, 4) is 0 Å². The van der Waals surface area contributed by atoms with E-state index in [1.54, 1.807) is 24.3 Å². The number of nitrogens with zero attached hydrogens (tertiary/aromatic N) is 1. The summed E-state index contributed by atoms with van der Waals surface area (Å²) >= 11 is 0. The molecule has 4 nitrogen and oxygen atoms in total. The molecule has 1 saturated heterocycles. The van der Waals surface area contributed by atoms with Crippen LogP contribution in [0.1, 0.15) is 12.5 Å². The molecule has 3 rings (SSSR count). The number of hydrogen-bond donors (Lipinski definition) is 1. The maximum Gasteiger partial charge on any atom is 0.406 e. The number of carbonyl (C=O) groups is 2. The molecule has 120 valence electrons. The van der Waals surface area contributed by atoms with Gasteiger partial charge in [-0.25, -0.2) is 4.79 Å². The molecular formula is C16H13F3N2O2. The van der Waals surface area contributed by atoms with E-state index in [-0.39, 0.29) is 4.90 Å². The molecule has 3 amide bonds. The van der Waals surface area contributed by atoms with E-state index in [4.69, 9.17) is 0 Å². The highest BCUT2D eigenvalue weighted by Gasteiger charge is 2.52. The average molecular weight is 322 g/mol. The van der Waals surface area contributed by atoms with Crippen LogP contribution in [0.2, 0.25) is 0 Å². The topological polar surface area (TPSA) is 49.4 Å². The van der Waals surface area contributed by atoms with E-state index in [1.165, 1.54) is 6.92 Å². The van der Waals surface area contributed by atoms with E-state index in [0.29, 0.717) is 10.9 Å². The highest BCUT2D eigenvalue weighted by molar-refractivity contribution is 6.09. The maximum absolute atomic E-state index is 12.6. The van der Waals surface area contributed by atoms with E-state index in [1.807, 2.05) is 18.2 Å². The molecule has 1 heterocycles. The third kappa shape index (κ3) is 2.52. The molecule has 0 radical (unpaired) electrons. The van der Waals surface area contributed by atoms with Crippen molar-refractivity contribution in [3.05, 3.63) is 48.0 Å². The second-order valence-electron chi connectivity index (χ2n) is 5.59. The molecule has 23 heavy (non-hydrogen) atoms. The first-order valence-electron chi connectivity index (χ1n) is 6.91. The van der Waals surface area contributed by atoms with E-state index in [2.05, 4.69) is 5.32 Å². The first-order chi connectivity index (χ1) is 10.7. The summed E-state index contributed by atoms with van der Waals surface area (Å²) in [6, 6.07) is 11.3. The van der Waals surface area contributed by atoms with Gasteiger partial charge in [-0.2, -0.15) is 13.2 Å². The zero-order valence-electron chi connectivity index (χ0n) is 12.1. The summed E-state index contributed by atoms with van der Waals surface area (Å²) in [7, 11) is 0. The minimum Gasteiger partial charge on any atom is -0.319 e. The van der Waals surface area contributed by atoms with Gasteiger partial charge in [0.1, 0.15) is 12.1 Å². The van der Waals surface area contributed by atoms with E-state index >= 15 is 0 Å². The van der Waals surface area contributed by atoms with Gasteiger partial charge in [0.25, 0.3) is 5.91 Å². The van der Waals surface area contributed by atoms with Crippen LogP contribution < -0.4 is 5.32 Å². The van der Waals surface area contributed by atoms with E-state index in [0.717, 1.165) is 5.39 Å². The molecule has 0 spiro atoms. The van der Waals surface area contributed by atoms with Crippen LogP contribution >= 0.6 is 0 Å². The Morgan fingerprint density at radius 3 is 2.43 bits per heavy atom. The monoisotopic (exact) mass is 322 g/mol. The molecule has 7 heteroatoms. The van der Waals surface area contributed by atoms with Crippen molar-refractivity contribution >= 4 is 22.7 Å². The molecular weight excluding hydrogens is 309 g/mol. The van der Waals surface area contributed by atoms with E-state index in [9.17, 15) is 22.8 Å². The second kappa shape index (κ2) is 4.97. The summed E-state index contributed by atoms with van der Waals surface area (Å²) in [6.07, 6.45) is -4.64. The molecule has 2 aromatic rings. The standard InChI is InChI=1S/C16H13F3N2O2/c1-15(12-8-4-6-10-5-2-3-7-11(10)12)13(22)21(14(23)20-15)9-16(17,18)19/h2-8H,9H2,1H3,(H,20,23). The number of halogens is 3. The molecule has 1 fully saturated rings. The molecule has 1 aliphatic rings. The molecule has 1 atom stereocenters. The molecule has 1 aliphatic heterocycles. The smallest absolute Gasteiger partial charge is 0.319 e. The number of alkyl halides is 3. The van der Waals surface area contributed by atoms with Crippen LogP contribution in [0, 0.1) is 0 Å². The van der Waals surface area contributed by atoms with Gasteiger partial charge >= 0.3 is 12.2 Å². The van der Waals surface area contributed by atoms with Crippen molar-refractivity contribution in [2.75, 3.05) is 6.54 Å². The van der Waals surface area contributed by atoms with Crippen molar-refractivity contribution in [2.24, 2.45) is 0 Å². The Bertz CT molecular complexity index is 798. The predicted octanol–water partition coefficient (Wildman–Crippen LogP) is 3.17. The number of benzene rings is 2. The minimum atomic E-state index is -4.64. The Morgan fingerprint density at radius 2 is 1.74 bits per heavy atom. The van der Waals surface area contributed by atoms with Gasteiger partial charge in [-0.05, 0) is 23.3 Å². The predicted molar refractivity (Wildman–Crippen MR) is 77.6 cm³/mol. The molecule has 0 saturated carbocycles. The summed E-state index contributed by atoms with van der Waals surface area (Å²) in [5.74, 6) is -0.906. The SMILES string of the molecule is CC1(c2cccc3ccccc23)NC(=O)N(CC(F)(F)F)C1=O. The minimum absolute atomic E-state index is 0.210. The fourth-order valence-corrected chi connectivity index (χ4v) is 2.86. The number of carbonyl (C=O) groups excluding carboxylic acids is 2. The third-order valence-corrected chi connectivity index (χ3v) is 3.94. The van der Waals surface area contributed by atoms with Crippen LogP contribution in [-0.2, 0) is 10.3 Å². The number of rotatable bonds is 2. The van der Waals surface area contributed by atoms with Crippen LogP contribution in [0.5, 0.6) is 0 Å². The number of nitrogens with one attached hydrogen (secondary N) is 1. The number of imide groups is 1. The van der Waals surface area contributed by atoms with Crippen LogP contribution in [0.3, 0.4) is 0 Å². The lowest BCUT2D eigenvalue weighted by atomic mass is 9.88. The highest BCUT2D eigenvalue weighted by atomic mass is 19.4. The fourth-order valence-electron chi connectivity index (χ4n) is 2.86. The lowest BCUT2D eigenvalue weighted by molar-refractivity contribution is -0.154. The molecule has 0 aromatic heterocycles. The zero-order valence-corrected chi connectivity index (χ0v) is 12.1. The van der Waals surface area contributed by atoms with Gasteiger partial charge in [0.05, 0.1) is 0 Å². The Balaban J connectivity index is 2.08. The van der Waals surface area contributed by atoms with Crippen LogP contribution in [0.25, 0.3) is 10.8 Å². The summed E-state index contributed by atoms with van der Waals surface area (Å²) in [4.78, 5) is 24.6. The van der Waals surface area contributed by atoms with Gasteiger partial charge in [-0.1, -0.05) is 42.5 Å². The normalized spacial score (nSPS) is 21.8. The van der Waals surface area contributed by atoms with Gasteiger partial charge < -0.3 is 5.32 Å². The van der Waals surface area contributed by atoms with Gasteiger partial charge in [-0.15, -0.1) is 0 Å². The Morgan fingerprint density at radius 1 is 1.09 bits per heavy atom. The van der Waals surface area contributed by atoms with Crippen LogP contribution in [-0.4, -0.2) is 29.6 Å². The van der Waals surface area contributed by atoms with Gasteiger partial charge in [-0.3, -0.25) is 9.69 Å². The van der Waals surface area contributed by atoms with Crippen LogP contribution in [0.15, 0.2) is 42.5 Å². The van der Waals surface area contributed by atoms with Crippen molar-refractivity contribution in [3.63, 3.8) is 0 Å². The Labute approximate surface area is 129 Å². The summed E-state index contributed by atoms with van der Waals surface area (Å²) < 4.78 is 37.8. The lowest BCUT2D eigenvalue weighted by Gasteiger charge is -2.24. The number of amides is 3. The van der Waals surface area contributed by atoms with Crippen molar-refractivity contribution in [1.82, 2.24) is 10.2 Å². The molecule has 2 aromatic carbocycles. The van der Waals surface area contributed by atoms with Gasteiger partial charge in [0.15, 0.2) is 0 Å². The average Bonchev–Trinajstić information content (AvgIpc) is 2.70. The van der Waals surface area contributed by atoms with Crippen molar-refractivity contribution in [1.29, 1.82) is 0 Å². The summed E-state index contributed by atoms with van der Waals surface area (Å²) in [6.45, 7) is -0.177. The number of hydrogen-bond acceptors (Lipinski definition) is 2. The third-order valence-electron chi connectivity index (χ3n) is 3.94. The molecule has 1 unspecified atom stereocenters. The number of fused-ring (bicyclic) bond motifs is 1. The molecule has 1 N–H and O–H groups in total.